The van der Waals surface area contributed by atoms with Crippen molar-refractivity contribution in [3.05, 3.63) is 41.5 Å². The molecule has 0 aliphatic rings. The minimum atomic E-state index is -0.971. The lowest BCUT2D eigenvalue weighted by molar-refractivity contribution is -0.132. The molecule has 0 aromatic heterocycles. The Morgan fingerprint density at radius 2 is 2.00 bits per heavy atom. The van der Waals surface area contributed by atoms with Crippen LogP contribution in [0, 0.1) is 6.92 Å². The first-order valence-corrected chi connectivity index (χ1v) is 5.76. The van der Waals surface area contributed by atoms with Crippen LogP contribution >= 0.6 is 0 Å². The van der Waals surface area contributed by atoms with Crippen LogP contribution in [0.4, 0.5) is 0 Å². The number of carbonyl (C=O) groups is 1. The fourth-order valence-electron chi connectivity index (χ4n) is 1.30. The number of aliphatic carboxylic acids is 1. The van der Waals surface area contributed by atoms with E-state index >= 15 is 0 Å². The molecule has 18 heavy (non-hydrogen) atoms. The number of aliphatic hydroxyl groups excluding tert-OH is 1. The Hall–Kier alpha value is -1.81. The van der Waals surface area contributed by atoms with Crippen LogP contribution in [0.25, 0.3) is 0 Å². The normalized spacial score (nSPS) is 13.2. The molecule has 1 atom stereocenters. The first-order valence-electron chi connectivity index (χ1n) is 5.76. The third kappa shape index (κ3) is 5.01. The van der Waals surface area contributed by atoms with E-state index in [1.54, 1.807) is 0 Å². The maximum atomic E-state index is 10.5. The maximum Gasteiger partial charge on any atom is 0.330 e. The molecule has 0 saturated carbocycles. The predicted molar refractivity (Wildman–Crippen MR) is 68.7 cm³/mol. The summed E-state index contributed by atoms with van der Waals surface area (Å²) in [5.41, 5.74) is 1.37. The van der Waals surface area contributed by atoms with Gasteiger partial charge in [0.25, 0.3) is 0 Å². The van der Waals surface area contributed by atoms with E-state index in [4.69, 9.17) is 9.84 Å². The molecule has 1 aromatic carbocycles. The number of ether oxygens (including phenoxy) is 1. The van der Waals surface area contributed by atoms with Crippen molar-refractivity contribution < 1.29 is 19.7 Å². The van der Waals surface area contributed by atoms with Crippen molar-refractivity contribution in [3.63, 3.8) is 0 Å². The molecule has 1 aromatic rings. The minimum absolute atomic E-state index is 0.145. The van der Waals surface area contributed by atoms with E-state index in [0.717, 1.165) is 5.56 Å². The molecular weight excluding hydrogens is 232 g/mol. The summed E-state index contributed by atoms with van der Waals surface area (Å²) in [6.45, 7) is 3.63. The van der Waals surface area contributed by atoms with Gasteiger partial charge in [-0.1, -0.05) is 23.8 Å². The zero-order chi connectivity index (χ0) is 13.5. The van der Waals surface area contributed by atoms with Crippen LogP contribution in [-0.4, -0.2) is 28.9 Å². The second-order valence-electron chi connectivity index (χ2n) is 4.21. The highest BCUT2D eigenvalue weighted by molar-refractivity contribution is 5.85. The van der Waals surface area contributed by atoms with Crippen LogP contribution in [0.15, 0.2) is 35.9 Å². The number of carboxylic acids is 1. The smallest absolute Gasteiger partial charge is 0.330 e. The van der Waals surface area contributed by atoms with Crippen molar-refractivity contribution in [1.29, 1.82) is 0 Å². The third-order valence-corrected chi connectivity index (χ3v) is 2.50. The standard InChI is InChI=1S/C14H18O4/c1-10-3-7-13(8-4-10)18-9-12(15)6-5-11(2)14(16)17/h3-5,7-8,12,15H,6,9H2,1-2H3,(H,16,17). The van der Waals surface area contributed by atoms with Crippen LogP contribution < -0.4 is 4.74 Å². The summed E-state index contributed by atoms with van der Waals surface area (Å²) in [5.74, 6) is -0.278. The number of aliphatic hydroxyl groups is 1. The van der Waals surface area contributed by atoms with Crippen molar-refractivity contribution in [2.75, 3.05) is 6.61 Å². The van der Waals surface area contributed by atoms with Gasteiger partial charge in [-0.15, -0.1) is 0 Å². The Balaban J connectivity index is 2.37. The number of benzene rings is 1. The third-order valence-electron chi connectivity index (χ3n) is 2.50. The predicted octanol–water partition coefficient (Wildman–Crippen LogP) is 2.16. The van der Waals surface area contributed by atoms with Gasteiger partial charge in [0.05, 0.1) is 6.10 Å². The molecular formula is C14H18O4. The summed E-state index contributed by atoms with van der Waals surface area (Å²) in [5, 5.41) is 18.3. The van der Waals surface area contributed by atoms with Gasteiger partial charge in [-0.05, 0) is 32.4 Å². The van der Waals surface area contributed by atoms with E-state index in [2.05, 4.69) is 0 Å². The summed E-state index contributed by atoms with van der Waals surface area (Å²) in [7, 11) is 0. The number of hydrogen-bond donors (Lipinski definition) is 2. The molecule has 0 radical (unpaired) electrons. The van der Waals surface area contributed by atoms with Crippen LogP contribution in [0.2, 0.25) is 0 Å². The first-order chi connectivity index (χ1) is 8.49. The van der Waals surface area contributed by atoms with Gasteiger partial charge in [-0.25, -0.2) is 4.79 Å². The summed E-state index contributed by atoms with van der Waals surface area (Å²) in [6.07, 6.45) is 1.05. The molecule has 0 aliphatic heterocycles. The van der Waals surface area contributed by atoms with Crippen molar-refractivity contribution >= 4 is 5.97 Å². The Bertz CT molecular complexity index is 420. The molecule has 98 valence electrons. The van der Waals surface area contributed by atoms with Crippen molar-refractivity contribution in [3.8, 4) is 5.75 Å². The Morgan fingerprint density at radius 3 is 2.56 bits per heavy atom. The maximum absolute atomic E-state index is 10.5. The lowest BCUT2D eigenvalue weighted by Gasteiger charge is -2.10. The van der Waals surface area contributed by atoms with Crippen LogP contribution in [0.1, 0.15) is 18.9 Å². The zero-order valence-electron chi connectivity index (χ0n) is 10.6. The largest absolute Gasteiger partial charge is 0.491 e. The molecule has 1 rings (SSSR count). The Morgan fingerprint density at radius 1 is 1.39 bits per heavy atom. The van der Waals surface area contributed by atoms with Gasteiger partial charge >= 0.3 is 5.97 Å². The molecule has 1 unspecified atom stereocenters. The second kappa shape index (κ2) is 6.81. The fraction of sp³-hybridized carbons (Fsp3) is 0.357. The Labute approximate surface area is 107 Å². The fourth-order valence-corrected chi connectivity index (χ4v) is 1.30. The zero-order valence-corrected chi connectivity index (χ0v) is 10.6. The molecule has 4 nitrogen and oxygen atoms in total. The second-order valence-corrected chi connectivity index (χ2v) is 4.21. The average molecular weight is 250 g/mol. The Kier molecular flexibility index (Phi) is 5.39. The van der Waals surface area contributed by atoms with Crippen molar-refractivity contribution in [2.24, 2.45) is 0 Å². The van der Waals surface area contributed by atoms with Gasteiger partial charge < -0.3 is 14.9 Å². The van der Waals surface area contributed by atoms with E-state index in [9.17, 15) is 9.90 Å². The highest BCUT2D eigenvalue weighted by atomic mass is 16.5. The minimum Gasteiger partial charge on any atom is -0.491 e. The van der Waals surface area contributed by atoms with Gasteiger partial charge in [0, 0.05) is 5.57 Å². The summed E-state index contributed by atoms with van der Waals surface area (Å²) >= 11 is 0. The molecule has 4 heteroatoms. The average Bonchev–Trinajstić information content (AvgIpc) is 2.35. The lowest BCUT2D eigenvalue weighted by Crippen LogP contribution is -2.17. The van der Waals surface area contributed by atoms with Crippen molar-refractivity contribution in [1.82, 2.24) is 0 Å². The van der Waals surface area contributed by atoms with Crippen LogP contribution in [0.3, 0.4) is 0 Å². The first kappa shape index (κ1) is 14.3. The lowest BCUT2D eigenvalue weighted by atomic mass is 10.2. The molecule has 0 spiro atoms. The van der Waals surface area contributed by atoms with E-state index in [-0.39, 0.29) is 18.6 Å². The van der Waals surface area contributed by atoms with Gasteiger partial charge in [0.15, 0.2) is 0 Å². The van der Waals surface area contributed by atoms with Crippen LogP contribution in [0.5, 0.6) is 5.75 Å². The molecule has 0 heterocycles. The van der Waals surface area contributed by atoms with Gasteiger partial charge in [-0.3, -0.25) is 0 Å². The number of hydrogen-bond acceptors (Lipinski definition) is 3. The monoisotopic (exact) mass is 250 g/mol. The number of carboxylic acid groups (broad SMARTS) is 1. The summed E-state index contributed by atoms with van der Waals surface area (Å²) in [6, 6.07) is 7.52. The quantitative estimate of drug-likeness (QED) is 0.759. The van der Waals surface area contributed by atoms with E-state index in [0.29, 0.717) is 5.75 Å². The topological polar surface area (TPSA) is 66.8 Å². The van der Waals surface area contributed by atoms with Gasteiger partial charge in [-0.2, -0.15) is 0 Å². The van der Waals surface area contributed by atoms with Crippen LogP contribution in [-0.2, 0) is 4.79 Å². The summed E-state index contributed by atoms with van der Waals surface area (Å²) < 4.78 is 5.39. The van der Waals surface area contributed by atoms with E-state index < -0.39 is 12.1 Å². The van der Waals surface area contributed by atoms with E-state index in [1.165, 1.54) is 13.0 Å². The number of aryl methyl sites for hydroxylation is 1. The van der Waals surface area contributed by atoms with Gasteiger partial charge in [0.2, 0.25) is 0 Å². The highest BCUT2D eigenvalue weighted by Gasteiger charge is 2.06. The highest BCUT2D eigenvalue weighted by Crippen LogP contribution is 2.12. The molecule has 0 saturated heterocycles. The molecule has 0 bridgehead atoms. The molecule has 0 amide bonds. The number of rotatable bonds is 6. The van der Waals surface area contributed by atoms with E-state index in [1.807, 2.05) is 31.2 Å². The van der Waals surface area contributed by atoms with Crippen molar-refractivity contribution in [2.45, 2.75) is 26.4 Å². The molecule has 0 fully saturated rings. The summed E-state index contributed by atoms with van der Waals surface area (Å²) in [4.78, 5) is 10.5. The SMILES string of the molecule is CC(=CCC(O)COc1ccc(C)cc1)C(=O)O. The van der Waals surface area contributed by atoms with Gasteiger partial charge in [0.1, 0.15) is 12.4 Å². The molecule has 0 aliphatic carbocycles. The molecule has 2 N–H and O–H groups in total.